The van der Waals surface area contributed by atoms with E-state index in [1.807, 2.05) is 0 Å². The third kappa shape index (κ3) is 5.22. The fraction of sp³-hybridized carbons (Fsp3) is 0.600. The summed E-state index contributed by atoms with van der Waals surface area (Å²) in [6.45, 7) is 4.92. The molecule has 1 rings (SSSR count). The minimum Gasteiger partial charge on any atom is -0.329 e. The number of hydrogen-bond donors (Lipinski definition) is 1. The Morgan fingerprint density at radius 3 is 2.42 bits per heavy atom. The number of aryl methyl sites for hydroxylation is 1. The van der Waals surface area contributed by atoms with Crippen molar-refractivity contribution < 1.29 is 0 Å². The second kappa shape index (κ2) is 8.00. The van der Waals surface area contributed by atoms with Crippen LogP contribution in [0.2, 0.25) is 0 Å². The number of likely N-dealkylation sites (N-methyl/N-ethyl adjacent to an activating group) is 1. The molecule has 1 aromatic carbocycles. The van der Waals surface area contributed by atoms with Crippen molar-refractivity contribution in [2.45, 2.75) is 19.4 Å². The lowest BCUT2D eigenvalue weighted by Gasteiger charge is -2.28. The van der Waals surface area contributed by atoms with E-state index in [2.05, 4.69) is 72.0 Å². The number of benzene rings is 1. The third-order valence-corrected chi connectivity index (χ3v) is 4.31. The largest absolute Gasteiger partial charge is 0.329 e. The van der Waals surface area contributed by atoms with Crippen LogP contribution in [0.3, 0.4) is 0 Å². The van der Waals surface area contributed by atoms with Gasteiger partial charge in [0.15, 0.2) is 0 Å². The summed E-state index contributed by atoms with van der Waals surface area (Å²) in [6.07, 6.45) is 1.16. The fourth-order valence-electron chi connectivity index (χ4n) is 2.18. The molecule has 0 bridgehead atoms. The first kappa shape index (κ1) is 16.6. The summed E-state index contributed by atoms with van der Waals surface area (Å²) in [6, 6.07) is 6.81. The highest BCUT2D eigenvalue weighted by molar-refractivity contribution is 9.10. The lowest BCUT2D eigenvalue weighted by Crippen LogP contribution is -2.32. The van der Waals surface area contributed by atoms with E-state index in [0.717, 1.165) is 24.0 Å². The van der Waals surface area contributed by atoms with Gasteiger partial charge in [0.1, 0.15) is 0 Å². The number of halogens is 1. The molecule has 0 aromatic heterocycles. The first-order valence-electron chi connectivity index (χ1n) is 6.76. The van der Waals surface area contributed by atoms with Crippen molar-refractivity contribution in [2.24, 2.45) is 5.73 Å². The summed E-state index contributed by atoms with van der Waals surface area (Å²) in [4.78, 5) is 4.56. The Bertz CT molecular complexity index is 393. The van der Waals surface area contributed by atoms with E-state index < -0.39 is 0 Å². The van der Waals surface area contributed by atoms with Crippen molar-refractivity contribution in [2.75, 3.05) is 40.8 Å². The van der Waals surface area contributed by atoms with Gasteiger partial charge in [0.25, 0.3) is 0 Å². The van der Waals surface area contributed by atoms with E-state index in [1.165, 1.54) is 11.1 Å². The van der Waals surface area contributed by atoms with Gasteiger partial charge >= 0.3 is 0 Å². The minimum atomic E-state index is 0.291. The molecule has 0 aliphatic heterocycles. The Kier molecular flexibility index (Phi) is 7.00. The van der Waals surface area contributed by atoms with E-state index in [9.17, 15) is 0 Å². The third-order valence-electron chi connectivity index (χ3n) is 3.45. The van der Waals surface area contributed by atoms with Crippen molar-refractivity contribution in [3.05, 3.63) is 33.8 Å². The van der Waals surface area contributed by atoms with Gasteiger partial charge in [-0.15, -0.1) is 0 Å². The highest BCUT2D eigenvalue weighted by atomic mass is 79.9. The van der Waals surface area contributed by atoms with Gasteiger partial charge < -0.3 is 10.6 Å². The van der Waals surface area contributed by atoms with Crippen LogP contribution in [-0.2, 0) is 0 Å². The molecule has 0 amide bonds. The average Bonchev–Trinajstić information content (AvgIpc) is 2.34. The molecule has 0 radical (unpaired) electrons. The fourth-order valence-corrected chi connectivity index (χ4v) is 2.58. The molecular formula is C15H26BrN3. The summed E-state index contributed by atoms with van der Waals surface area (Å²) in [5.41, 5.74) is 8.50. The van der Waals surface area contributed by atoms with Crippen LogP contribution in [-0.4, -0.2) is 50.6 Å². The van der Waals surface area contributed by atoms with E-state index >= 15 is 0 Å². The zero-order valence-electron chi connectivity index (χ0n) is 12.5. The highest BCUT2D eigenvalue weighted by Crippen LogP contribution is 2.24. The van der Waals surface area contributed by atoms with E-state index in [-0.39, 0.29) is 0 Å². The van der Waals surface area contributed by atoms with Gasteiger partial charge in [-0.05, 0) is 64.8 Å². The van der Waals surface area contributed by atoms with Gasteiger partial charge in [0, 0.05) is 17.1 Å². The molecule has 1 atom stereocenters. The molecule has 3 nitrogen and oxygen atoms in total. The SMILES string of the molecule is Cc1ccc(C(CN)N(C)CCCN(C)C)cc1Br. The summed E-state index contributed by atoms with van der Waals surface area (Å²) in [7, 11) is 6.37. The normalized spacial score (nSPS) is 13.3. The maximum absolute atomic E-state index is 5.96. The van der Waals surface area contributed by atoms with E-state index in [4.69, 9.17) is 5.73 Å². The monoisotopic (exact) mass is 327 g/mol. The minimum absolute atomic E-state index is 0.291. The molecule has 0 aliphatic rings. The first-order valence-corrected chi connectivity index (χ1v) is 7.56. The van der Waals surface area contributed by atoms with Crippen LogP contribution >= 0.6 is 15.9 Å². The van der Waals surface area contributed by atoms with Crippen molar-refractivity contribution in [3.63, 3.8) is 0 Å². The molecule has 108 valence electrons. The standard InChI is InChI=1S/C15H26BrN3/c1-12-6-7-13(10-14(12)16)15(11-17)19(4)9-5-8-18(2)3/h6-7,10,15H,5,8-9,11,17H2,1-4H3. The second-order valence-corrected chi connectivity index (χ2v) is 6.25. The van der Waals surface area contributed by atoms with Crippen LogP contribution in [0.1, 0.15) is 23.6 Å². The van der Waals surface area contributed by atoms with E-state index in [1.54, 1.807) is 0 Å². The topological polar surface area (TPSA) is 32.5 Å². The van der Waals surface area contributed by atoms with Crippen LogP contribution in [0.25, 0.3) is 0 Å². The van der Waals surface area contributed by atoms with Crippen molar-refractivity contribution in [1.82, 2.24) is 9.80 Å². The quantitative estimate of drug-likeness (QED) is 0.835. The molecule has 0 spiro atoms. The number of rotatable bonds is 7. The summed E-state index contributed by atoms with van der Waals surface area (Å²) < 4.78 is 1.16. The van der Waals surface area contributed by atoms with E-state index in [0.29, 0.717) is 12.6 Å². The lowest BCUT2D eigenvalue weighted by molar-refractivity contribution is 0.235. The van der Waals surface area contributed by atoms with Crippen molar-refractivity contribution in [1.29, 1.82) is 0 Å². The van der Waals surface area contributed by atoms with Crippen molar-refractivity contribution in [3.8, 4) is 0 Å². The van der Waals surface area contributed by atoms with Gasteiger partial charge in [-0.2, -0.15) is 0 Å². The smallest absolute Gasteiger partial charge is 0.0467 e. The molecule has 0 saturated heterocycles. The summed E-state index contributed by atoms with van der Waals surface area (Å²) in [5, 5.41) is 0. The van der Waals surface area contributed by atoms with Crippen LogP contribution in [0.5, 0.6) is 0 Å². The predicted molar refractivity (Wildman–Crippen MR) is 86.5 cm³/mol. The van der Waals surface area contributed by atoms with Crippen LogP contribution in [0, 0.1) is 6.92 Å². The molecule has 0 aliphatic carbocycles. The number of nitrogens with two attached hydrogens (primary N) is 1. The van der Waals surface area contributed by atoms with Gasteiger partial charge in [0.05, 0.1) is 0 Å². The summed E-state index contributed by atoms with van der Waals surface area (Å²) >= 11 is 3.60. The molecule has 0 saturated carbocycles. The summed E-state index contributed by atoms with van der Waals surface area (Å²) in [5.74, 6) is 0. The Hall–Kier alpha value is -0.420. The predicted octanol–water partition coefficient (Wildman–Crippen LogP) is 2.64. The number of nitrogens with zero attached hydrogens (tertiary/aromatic N) is 2. The Morgan fingerprint density at radius 2 is 1.89 bits per heavy atom. The Labute approximate surface area is 125 Å². The zero-order chi connectivity index (χ0) is 14.4. The van der Waals surface area contributed by atoms with Crippen LogP contribution in [0.4, 0.5) is 0 Å². The van der Waals surface area contributed by atoms with Gasteiger partial charge in [-0.1, -0.05) is 28.1 Å². The molecule has 1 unspecified atom stereocenters. The second-order valence-electron chi connectivity index (χ2n) is 5.40. The number of hydrogen-bond acceptors (Lipinski definition) is 3. The molecule has 19 heavy (non-hydrogen) atoms. The molecule has 1 aromatic rings. The van der Waals surface area contributed by atoms with Crippen LogP contribution in [0.15, 0.2) is 22.7 Å². The van der Waals surface area contributed by atoms with Crippen molar-refractivity contribution >= 4 is 15.9 Å². The highest BCUT2D eigenvalue weighted by Gasteiger charge is 2.15. The maximum atomic E-state index is 5.96. The lowest BCUT2D eigenvalue weighted by atomic mass is 10.0. The molecule has 0 heterocycles. The van der Waals surface area contributed by atoms with Crippen LogP contribution < -0.4 is 5.73 Å². The average molecular weight is 328 g/mol. The zero-order valence-corrected chi connectivity index (χ0v) is 14.1. The van der Waals surface area contributed by atoms with Gasteiger partial charge in [-0.3, -0.25) is 4.90 Å². The molecule has 4 heteroatoms. The first-order chi connectivity index (χ1) is 8.95. The molecule has 0 fully saturated rings. The van der Waals surface area contributed by atoms with Gasteiger partial charge in [-0.25, -0.2) is 0 Å². The molecular weight excluding hydrogens is 302 g/mol. The maximum Gasteiger partial charge on any atom is 0.0467 e. The molecule has 2 N–H and O–H groups in total. The Balaban J connectivity index is 2.67. The van der Waals surface area contributed by atoms with Gasteiger partial charge in [0.2, 0.25) is 0 Å². The Morgan fingerprint density at radius 1 is 1.21 bits per heavy atom.